The Balaban J connectivity index is 0.00000208. The van der Waals surface area contributed by atoms with E-state index in [-0.39, 0.29) is 18.3 Å². The van der Waals surface area contributed by atoms with Gasteiger partial charge in [-0.05, 0) is 31.9 Å². The van der Waals surface area contributed by atoms with Crippen molar-refractivity contribution >= 4 is 30.1 Å². The minimum absolute atomic E-state index is 0. The molecule has 0 spiro atoms. The zero-order chi connectivity index (χ0) is 16.2. The first-order chi connectivity index (χ1) is 11.1. The van der Waals surface area contributed by atoms with Gasteiger partial charge < -0.3 is 10.2 Å². The summed E-state index contributed by atoms with van der Waals surface area (Å²) < 4.78 is 0. The molecule has 0 radical (unpaired) electrons. The van der Waals surface area contributed by atoms with Crippen molar-refractivity contribution in [2.75, 3.05) is 45.0 Å². The number of likely N-dealkylation sites (tertiary alicyclic amines) is 1. The smallest absolute Gasteiger partial charge is 0.232 e. The molecule has 1 aromatic carbocycles. The molecule has 1 aromatic rings. The molecule has 2 saturated heterocycles. The molecule has 2 aliphatic rings. The second-order valence-electron chi connectivity index (χ2n) is 6.63. The Morgan fingerprint density at radius 1 is 1.25 bits per heavy atom. The predicted octanol–water partition coefficient (Wildman–Crippen LogP) is 2.32. The second kappa shape index (κ2) is 9.09. The zero-order valence-electron chi connectivity index (χ0n) is 14.6. The van der Waals surface area contributed by atoms with Gasteiger partial charge in [0.2, 0.25) is 5.91 Å². The maximum atomic E-state index is 12.5. The number of halogens is 1. The lowest BCUT2D eigenvalue weighted by atomic mass is 10.2. The summed E-state index contributed by atoms with van der Waals surface area (Å²) in [6.45, 7) is 10.4. The van der Waals surface area contributed by atoms with Crippen LogP contribution in [0.2, 0.25) is 0 Å². The van der Waals surface area contributed by atoms with E-state index >= 15 is 0 Å². The molecule has 1 N–H and O–H groups in total. The Morgan fingerprint density at radius 3 is 2.75 bits per heavy atom. The van der Waals surface area contributed by atoms with E-state index in [4.69, 9.17) is 0 Å². The fourth-order valence-electron chi connectivity index (χ4n) is 3.41. The van der Waals surface area contributed by atoms with Crippen LogP contribution in [0.25, 0.3) is 0 Å². The second-order valence-corrected chi connectivity index (χ2v) is 7.64. The third-order valence-corrected chi connectivity index (χ3v) is 6.02. The monoisotopic (exact) mass is 369 g/mol. The van der Waals surface area contributed by atoms with Crippen molar-refractivity contribution in [2.24, 2.45) is 0 Å². The van der Waals surface area contributed by atoms with Gasteiger partial charge in [0, 0.05) is 50.2 Å². The first-order valence-electron chi connectivity index (χ1n) is 8.56. The van der Waals surface area contributed by atoms with E-state index in [9.17, 15) is 4.79 Å². The van der Waals surface area contributed by atoms with Gasteiger partial charge in [-0.15, -0.1) is 24.2 Å². The normalized spacial score (nSPS) is 21.6. The first-order valence-corrected chi connectivity index (χ1v) is 9.54. The average molecular weight is 370 g/mol. The van der Waals surface area contributed by atoms with Crippen LogP contribution in [-0.4, -0.2) is 66.8 Å². The highest BCUT2D eigenvalue weighted by Crippen LogP contribution is 2.25. The fourth-order valence-corrected chi connectivity index (χ4v) is 4.43. The van der Waals surface area contributed by atoms with Crippen molar-refractivity contribution in [1.82, 2.24) is 15.1 Å². The number of carbonyl (C=O) groups excluding carboxylic acids is 1. The molecule has 4 nitrogen and oxygen atoms in total. The van der Waals surface area contributed by atoms with E-state index in [1.54, 1.807) is 11.8 Å². The third kappa shape index (κ3) is 4.88. The maximum absolute atomic E-state index is 12.5. The molecule has 0 aliphatic carbocycles. The molecule has 134 valence electrons. The number of hydrogen-bond acceptors (Lipinski definition) is 4. The molecule has 1 amide bonds. The summed E-state index contributed by atoms with van der Waals surface area (Å²) in [5.74, 6) is 0.840. The Bertz CT molecular complexity index is 563. The SMILES string of the molecule is Cc1ccc(C)c(SCC(=O)N2CCC(N3CCNCC3)C2)c1.Cl. The van der Waals surface area contributed by atoms with Crippen LogP contribution in [0.1, 0.15) is 17.5 Å². The van der Waals surface area contributed by atoms with Gasteiger partial charge in [0.1, 0.15) is 0 Å². The number of nitrogens with zero attached hydrogens (tertiary/aromatic N) is 2. The van der Waals surface area contributed by atoms with Gasteiger partial charge in [-0.3, -0.25) is 9.69 Å². The molecule has 1 atom stereocenters. The van der Waals surface area contributed by atoms with E-state index < -0.39 is 0 Å². The van der Waals surface area contributed by atoms with E-state index in [2.05, 4.69) is 47.2 Å². The van der Waals surface area contributed by atoms with Crippen LogP contribution in [0, 0.1) is 13.8 Å². The maximum Gasteiger partial charge on any atom is 0.232 e. The largest absolute Gasteiger partial charge is 0.340 e. The van der Waals surface area contributed by atoms with Gasteiger partial charge in [0.15, 0.2) is 0 Å². The number of benzene rings is 1. The van der Waals surface area contributed by atoms with E-state index in [0.29, 0.717) is 11.8 Å². The number of hydrogen-bond donors (Lipinski definition) is 1. The Morgan fingerprint density at radius 2 is 2.00 bits per heavy atom. The molecule has 2 fully saturated rings. The lowest BCUT2D eigenvalue weighted by molar-refractivity contribution is -0.127. The van der Waals surface area contributed by atoms with Crippen LogP contribution in [0.5, 0.6) is 0 Å². The van der Waals surface area contributed by atoms with E-state index in [1.165, 1.54) is 16.0 Å². The fraction of sp³-hybridized carbons (Fsp3) is 0.611. The quantitative estimate of drug-likeness (QED) is 0.826. The summed E-state index contributed by atoms with van der Waals surface area (Å²) in [5, 5.41) is 3.39. The highest BCUT2D eigenvalue weighted by molar-refractivity contribution is 8.00. The van der Waals surface area contributed by atoms with Crippen molar-refractivity contribution in [1.29, 1.82) is 0 Å². The topological polar surface area (TPSA) is 35.6 Å². The molecule has 6 heteroatoms. The predicted molar refractivity (Wildman–Crippen MR) is 103 cm³/mol. The highest BCUT2D eigenvalue weighted by atomic mass is 35.5. The summed E-state index contributed by atoms with van der Waals surface area (Å²) in [7, 11) is 0. The van der Waals surface area contributed by atoms with E-state index in [1.807, 2.05) is 0 Å². The van der Waals surface area contributed by atoms with Gasteiger partial charge in [0.05, 0.1) is 5.75 Å². The molecule has 1 unspecified atom stereocenters. The number of piperazine rings is 1. The minimum atomic E-state index is 0. The molecular formula is C18H28ClN3OS. The van der Waals surface area contributed by atoms with Crippen LogP contribution >= 0.6 is 24.2 Å². The van der Waals surface area contributed by atoms with Gasteiger partial charge in [-0.2, -0.15) is 0 Å². The Labute approximate surface area is 155 Å². The van der Waals surface area contributed by atoms with E-state index in [0.717, 1.165) is 45.7 Å². The molecule has 2 aliphatic heterocycles. The van der Waals surface area contributed by atoms with Crippen molar-refractivity contribution in [3.05, 3.63) is 29.3 Å². The third-order valence-electron chi connectivity index (χ3n) is 4.88. The molecule has 0 bridgehead atoms. The lowest BCUT2D eigenvalue weighted by Crippen LogP contribution is -2.49. The first kappa shape index (κ1) is 19.6. The number of rotatable bonds is 4. The number of carbonyl (C=O) groups is 1. The summed E-state index contributed by atoms with van der Waals surface area (Å²) in [6, 6.07) is 7.01. The minimum Gasteiger partial charge on any atom is -0.340 e. The van der Waals surface area contributed by atoms with Gasteiger partial charge in [-0.25, -0.2) is 0 Å². The summed E-state index contributed by atoms with van der Waals surface area (Å²) >= 11 is 1.68. The van der Waals surface area contributed by atoms with Crippen LogP contribution in [0.4, 0.5) is 0 Å². The number of amides is 1. The summed E-state index contributed by atoms with van der Waals surface area (Å²) in [5.41, 5.74) is 2.51. The summed E-state index contributed by atoms with van der Waals surface area (Å²) in [4.78, 5) is 18.4. The van der Waals surface area contributed by atoms with Crippen LogP contribution < -0.4 is 5.32 Å². The zero-order valence-corrected chi connectivity index (χ0v) is 16.2. The van der Waals surface area contributed by atoms with Crippen LogP contribution in [0.3, 0.4) is 0 Å². The Kier molecular flexibility index (Phi) is 7.41. The summed E-state index contributed by atoms with van der Waals surface area (Å²) in [6.07, 6.45) is 1.12. The van der Waals surface area contributed by atoms with Crippen LogP contribution in [0.15, 0.2) is 23.1 Å². The standard InChI is InChI=1S/C18H27N3OS.ClH/c1-14-3-4-15(2)17(11-14)23-13-18(22)21-8-5-16(12-21)20-9-6-19-7-10-20;/h3-4,11,16,19H,5-10,12-13H2,1-2H3;1H. The molecule has 3 rings (SSSR count). The molecular weight excluding hydrogens is 342 g/mol. The van der Waals surface area contributed by atoms with Gasteiger partial charge in [-0.1, -0.05) is 17.7 Å². The molecule has 0 saturated carbocycles. The van der Waals surface area contributed by atoms with Crippen molar-refractivity contribution in [3.8, 4) is 0 Å². The molecule has 2 heterocycles. The van der Waals surface area contributed by atoms with Crippen molar-refractivity contribution in [2.45, 2.75) is 31.2 Å². The van der Waals surface area contributed by atoms with Crippen LogP contribution in [-0.2, 0) is 4.79 Å². The number of thioether (sulfide) groups is 1. The number of aryl methyl sites for hydroxylation is 2. The van der Waals surface area contributed by atoms with Gasteiger partial charge in [0.25, 0.3) is 0 Å². The highest BCUT2D eigenvalue weighted by Gasteiger charge is 2.30. The molecule has 0 aromatic heterocycles. The van der Waals surface area contributed by atoms with Crippen molar-refractivity contribution < 1.29 is 4.79 Å². The number of nitrogens with one attached hydrogen (secondary N) is 1. The van der Waals surface area contributed by atoms with Gasteiger partial charge >= 0.3 is 0 Å². The average Bonchev–Trinajstić information content (AvgIpc) is 3.06. The molecule has 24 heavy (non-hydrogen) atoms. The lowest BCUT2D eigenvalue weighted by Gasteiger charge is -2.32. The Hall–Kier alpha value is -0.750. The van der Waals surface area contributed by atoms with Crippen molar-refractivity contribution in [3.63, 3.8) is 0 Å².